The van der Waals surface area contributed by atoms with Crippen LogP contribution in [0.15, 0.2) is 60.7 Å². The standard InChI is InChI=1S/C18H20O2Si/c1-21(2,3)20-18-12-8-7-11-16(18)13-14-17(19)15-9-5-4-6-10-15/h4-14H,1-3H3/b14-13+. The van der Waals surface area contributed by atoms with E-state index in [1.807, 2.05) is 60.7 Å². The van der Waals surface area contributed by atoms with E-state index in [1.165, 1.54) is 0 Å². The first kappa shape index (κ1) is 15.3. The van der Waals surface area contributed by atoms with Crippen molar-refractivity contribution in [1.29, 1.82) is 0 Å². The van der Waals surface area contributed by atoms with E-state index in [0.29, 0.717) is 5.56 Å². The minimum Gasteiger partial charge on any atom is -0.544 e. The van der Waals surface area contributed by atoms with Crippen LogP contribution in [0.3, 0.4) is 0 Å². The summed E-state index contributed by atoms with van der Waals surface area (Å²) >= 11 is 0. The zero-order chi connectivity index (χ0) is 15.3. The van der Waals surface area contributed by atoms with E-state index in [4.69, 9.17) is 4.43 Å². The van der Waals surface area contributed by atoms with Gasteiger partial charge in [0.15, 0.2) is 5.78 Å². The van der Waals surface area contributed by atoms with E-state index < -0.39 is 8.32 Å². The lowest BCUT2D eigenvalue weighted by molar-refractivity contribution is 0.104. The average Bonchev–Trinajstić information content (AvgIpc) is 2.45. The number of ketones is 1. The third kappa shape index (κ3) is 4.72. The lowest BCUT2D eigenvalue weighted by Gasteiger charge is -2.20. The highest BCUT2D eigenvalue weighted by atomic mass is 28.4. The monoisotopic (exact) mass is 296 g/mol. The predicted molar refractivity (Wildman–Crippen MR) is 90.2 cm³/mol. The summed E-state index contributed by atoms with van der Waals surface area (Å²) in [5.41, 5.74) is 1.63. The van der Waals surface area contributed by atoms with Gasteiger partial charge in [0.25, 0.3) is 0 Å². The molecule has 2 aromatic carbocycles. The maximum Gasteiger partial charge on any atom is 0.242 e. The smallest absolute Gasteiger partial charge is 0.242 e. The molecule has 0 N–H and O–H groups in total. The summed E-state index contributed by atoms with van der Waals surface area (Å²) in [5, 5.41) is 0. The summed E-state index contributed by atoms with van der Waals surface area (Å²) < 4.78 is 6.05. The Morgan fingerprint density at radius 1 is 0.952 bits per heavy atom. The molecule has 0 bridgehead atoms. The molecule has 0 aromatic heterocycles. The molecule has 0 saturated carbocycles. The van der Waals surface area contributed by atoms with Crippen molar-refractivity contribution in [1.82, 2.24) is 0 Å². The molecule has 3 heteroatoms. The maximum absolute atomic E-state index is 12.1. The first-order valence-electron chi connectivity index (χ1n) is 7.01. The number of allylic oxidation sites excluding steroid dienone is 1. The minimum absolute atomic E-state index is 0.00148. The van der Waals surface area contributed by atoms with Gasteiger partial charge in [0, 0.05) is 11.1 Å². The highest BCUT2D eigenvalue weighted by Gasteiger charge is 2.17. The van der Waals surface area contributed by atoms with Crippen molar-refractivity contribution in [3.63, 3.8) is 0 Å². The van der Waals surface area contributed by atoms with Crippen molar-refractivity contribution in [2.45, 2.75) is 19.6 Å². The van der Waals surface area contributed by atoms with Gasteiger partial charge in [-0.1, -0.05) is 48.5 Å². The zero-order valence-electron chi connectivity index (χ0n) is 12.7. The molecule has 0 unspecified atom stereocenters. The van der Waals surface area contributed by atoms with Gasteiger partial charge >= 0.3 is 0 Å². The zero-order valence-corrected chi connectivity index (χ0v) is 13.7. The van der Waals surface area contributed by atoms with Crippen LogP contribution in [0.4, 0.5) is 0 Å². The Hall–Kier alpha value is -2.13. The van der Waals surface area contributed by atoms with Gasteiger partial charge < -0.3 is 4.43 Å². The molecule has 21 heavy (non-hydrogen) atoms. The van der Waals surface area contributed by atoms with Crippen LogP contribution in [-0.2, 0) is 0 Å². The van der Waals surface area contributed by atoms with Crippen molar-refractivity contribution in [2.24, 2.45) is 0 Å². The van der Waals surface area contributed by atoms with Crippen LogP contribution < -0.4 is 4.43 Å². The summed E-state index contributed by atoms with van der Waals surface area (Å²) in [6, 6.07) is 17.1. The number of para-hydroxylation sites is 1. The van der Waals surface area contributed by atoms with Crippen molar-refractivity contribution < 1.29 is 9.22 Å². The van der Waals surface area contributed by atoms with Crippen molar-refractivity contribution in [2.75, 3.05) is 0 Å². The van der Waals surface area contributed by atoms with E-state index in [9.17, 15) is 4.79 Å². The van der Waals surface area contributed by atoms with Gasteiger partial charge in [-0.3, -0.25) is 4.79 Å². The predicted octanol–water partition coefficient (Wildman–Crippen LogP) is 4.80. The molecule has 0 fully saturated rings. The van der Waals surface area contributed by atoms with Gasteiger partial charge in [0.2, 0.25) is 8.32 Å². The fourth-order valence-corrected chi connectivity index (χ4v) is 2.75. The van der Waals surface area contributed by atoms with Gasteiger partial charge in [-0.05, 0) is 37.9 Å². The SMILES string of the molecule is C[Si](C)(C)Oc1ccccc1/C=C/C(=O)c1ccccc1. The molecular formula is C18H20O2Si. The molecule has 2 nitrogen and oxygen atoms in total. The highest BCUT2D eigenvalue weighted by Crippen LogP contribution is 2.23. The molecule has 0 radical (unpaired) electrons. The summed E-state index contributed by atoms with van der Waals surface area (Å²) in [6.07, 6.45) is 3.42. The average molecular weight is 296 g/mol. The number of carbonyl (C=O) groups excluding carboxylic acids is 1. The molecule has 0 spiro atoms. The summed E-state index contributed by atoms with van der Waals surface area (Å²) in [6.45, 7) is 6.42. The van der Waals surface area contributed by atoms with Gasteiger partial charge in [-0.15, -0.1) is 0 Å². The number of carbonyl (C=O) groups is 1. The molecule has 108 valence electrons. The first-order valence-corrected chi connectivity index (χ1v) is 10.4. The number of rotatable bonds is 5. The molecule has 0 aliphatic heterocycles. The van der Waals surface area contributed by atoms with Crippen molar-refractivity contribution >= 4 is 20.2 Å². The second kappa shape index (κ2) is 6.55. The summed E-state index contributed by atoms with van der Waals surface area (Å²) in [4.78, 5) is 12.1. The van der Waals surface area contributed by atoms with Gasteiger partial charge in [0.05, 0.1) is 0 Å². The molecule has 0 saturated heterocycles. The molecule has 0 amide bonds. The topological polar surface area (TPSA) is 26.3 Å². The first-order chi connectivity index (χ1) is 9.96. The largest absolute Gasteiger partial charge is 0.544 e. The van der Waals surface area contributed by atoms with E-state index in [-0.39, 0.29) is 5.78 Å². The molecular weight excluding hydrogens is 276 g/mol. The number of hydrogen-bond acceptors (Lipinski definition) is 2. The summed E-state index contributed by atoms with van der Waals surface area (Å²) in [7, 11) is -1.67. The minimum atomic E-state index is -1.67. The van der Waals surface area contributed by atoms with Crippen LogP contribution in [0.2, 0.25) is 19.6 Å². The Morgan fingerprint density at radius 3 is 2.24 bits per heavy atom. The third-order valence-corrected chi connectivity index (χ3v) is 3.64. The molecule has 0 aliphatic rings. The van der Waals surface area contributed by atoms with Gasteiger partial charge in [-0.25, -0.2) is 0 Å². The second-order valence-corrected chi connectivity index (χ2v) is 10.2. The Kier molecular flexibility index (Phi) is 4.76. The maximum atomic E-state index is 12.1. The number of hydrogen-bond donors (Lipinski definition) is 0. The van der Waals surface area contributed by atoms with E-state index in [0.717, 1.165) is 11.3 Å². The Bertz CT molecular complexity index is 640. The van der Waals surface area contributed by atoms with E-state index in [2.05, 4.69) is 19.6 Å². The Labute approximate surface area is 127 Å². The third-order valence-electron chi connectivity index (χ3n) is 2.81. The van der Waals surface area contributed by atoms with Crippen LogP contribution >= 0.6 is 0 Å². The normalized spacial score (nSPS) is 11.6. The molecule has 2 aromatic rings. The van der Waals surface area contributed by atoms with Crippen molar-refractivity contribution in [3.8, 4) is 5.75 Å². The molecule has 0 atom stereocenters. The molecule has 0 aliphatic carbocycles. The van der Waals surface area contributed by atoms with Crippen LogP contribution in [0.5, 0.6) is 5.75 Å². The van der Waals surface area contributed by atoms with Crippen LogP contribution in [-0.4, -0.2) is 14.1 Å². The Balaban J connectivity index is 2.20. The van der Waals surface area contributed by atoms with Crippen LogP contribution in [0, 0.1) is 0 Å². The highest BCUT2D eigenvalue weighted by molar-refractivity contribution is 6.70. The Morgan fingerprint density at radius 2 is 1.57 bits per heavy atom. The van der Waals surface area contributed by atoms with Crippen LogP contribution in [0.25, 0.3) is 6.08 Å². The quantitative estimate of drug-likeness (QED) is 0.450. The second-order valence-electron chi connectivity index (χ2n) is 5.82. The van der Waals surface area contributed by atoms with E-state index in [1.54, 1.807) is 6.08 Å². The number of benzene rings is 2. The van der Waals surface area contributed by atoms with E-state index >= 15 is 0 Å². The summed E-state index contributed by atoms with van der Waals surface area (Å²) in [5.74, 6) is 0.840. The van der Waals surface area contributed by atoms with Gasteiger partial charge in [-0.2, -0.15) is 0 Å². The van der Waals surface area contributed by atoms with Gasteiger partial charge in [0.1, 0.15) is 5.75 Å². The fourth-order valence-electron chi connectivity index (χ4n) is 1.91. The lowest BCUT2D eigenvalue weighted by Crippen LogP contribution is -2.29. The molecule has 2 rings (SSSR count). The van der Waals surface area contributed by atoms with Crippen molar-refractivity contribution in [3.05, 3.63) is 71.8 Å². The molecule has 0 heterocycles. The lowest BCUT2D eigenvalue weighted by atomic mass is 10.1. The van der Waals surface area contributed by atoms with Crippen LogP contribution in [0.1, 0.15) is 15.9 Å². The fraction of sp³-hybridized carbons (Fsp3) is 0.167.